The fourth-order valence-corrected chi connectivity index (χ4v) is 5.95. The highest BCUT2D eigenvalue weighted by Crippen LogP contribution is 2.24. The topological polar surface area (TPSA) is 36.9 Å². The largest absolute Gasteiger partial charge is 0.394 e. The Balaban J connectivity index is 4.65. The van der Waals surface area contributed by atoms with Crippen LogP contribution in [0, 0.1) is 0 Å². The van der Waals surface area contributed by atoms with Gasteiger partial charge in [-0.3, -0.25) is 0 Å². The lowest BCUT2D eigenvalue weighted by atomic mass is 10.4. The Morgan fingerprint density at radius 3 is 1.41 bits per heavy atom. The van der Waals surface area contributed by atoms with Gasteiger partial charge in [-0.2, -0.15) is 0 Å². The Bertz CT molecular complexity index is 349. The van der Waals surface area contributed by atoms with E-state index in [2.05, 4.69) is 27.0 Å². The van der Waals surface area contributed by atoms with Gasteiger partial charge in [-0.05, 0) is 51.6 Å². The van der Waals surface area contributed by atoms with E-state index in [1.54, 1.807) is 0 Å². The predicted molar refractivity (Wildman–Crippen MR) is 118 cm³/mol. The molecule has 0 unspecified atom stereocenters. The van der Waals surface area contributed by atoms with Gasteiger partial charge in [-0.1, -0.05) is 51.0 Å². The minimum atomic E-state index is -2.23. The van der Waals surface area contributed by atoms with E-state index >= 15 is 0 Å². The molecule has 0 aliphatic heterocycles. The molecule has 27 heavy (non-hydrogen) atoms. The number of hydrogen-bond donors (Lipinski definition) is 0. The van der Waals surface area contributed by atoms with Gasteiger partial charge in [0.1, 0.15) is 0 Å². The van der Waals surface area contributed by atoms with E-state index in [1.807, 2.05) is 13.8 Å². The molecule has 4 nitrogen and oxygen atoms in total. The van der Waals surface area contributed by atoms with Crippen molar-refractivity contribution in [3.8, 4) is 0 Å². The molecule has 160 valence electrons. The van der Waals surface area contributed by atoms with Crippen LogP contribution in [0.15, 0.2) is 24.3 Å². The van der Waals surface area contributed by atoms with Crippen LogP contribution < -0.4 is 0 Å². The van der Waals surface area contributed by atoms with Gasteiger partial charge in [0.25, 0.3) is 0 Å². The van der Waals surface area contributed by atoms with Crippen LogP contribution >= 0.6 is 0 Å². The van der Waals surface area contributed by atoms with Gasteiger partial charge in [0.15, 0.2) is 0 Å². The first-order valence-corrected chi connectivity index (χ1v) is 12.9. The molecule has 0 radical (unpaired) electrons. The van der Waals surface area contributed by atoms with E-state index in [-0.39, 0.29) is 0 Å². The molecule has 0 rings (SSSR count). The normalized spacial score (nSPS) is 11.7. The first kappa shape index (κ1) is 26.5. The minimum absolute atomic E-state index is 0.636. The van der Waals surface area contributed by atoms with Crippen molar-refractivity contribution in [1.29, 1.82) is 0 Å². The van der Waals surface area contributed by atoms with Gasteiger partial charge < -0.3 is 18.3 Å². The van der Waals surface area contributed by atoms with E-state index in [1.165, 1.54) is 0 Å². The zero-order valence-corrected chi connectivity index (χ0v) is 19.4. The van der Waals surface area contributed by atoms with Crippen LogP contribution in [-0.2, 0) is 18.3 Å². The SMILES string of the molecule is C=C(C)COCCC[Si](CCCOCC(=C)C)(OCCCC)OCCCC. The molecule has 0 heterocycles. The molecule has 0 aromatic carbocycles. The molecule has 0 aliphatic carbocycles. The van der Waals surface area contributed by atoms with Crippen molar-refractivity contribution in [3.63, 3.8) is 0 Å². The summed E-state index contributed by atoms with van der Waals surface area (Å²) < 4.78 is 24.3. The second-order valence-corrected chi connectivity index (χ2v) is 10.9. The summed E-state index contributed by atoms with van der Waals surface area (Å²) in [6.45, 7) is 20.5. The molecule has 0 N–H and O–H groups in total. The number of rotatable bonds is 20. The molecular formula is C22H44O4Si. The van der Waals surface area contributed by atoms with Crippen molar-refractivity contribution < 1.29 is 18.3 Å². The van der Waals surface area contributed by atoms with Crippen LogP contribution in [0.3, 0.4) is 0 Å². The third-order valence-electron chi connectivity index (χ3n) is 4.12. The molecule has 0 spiro atoms. The van der Waals surface area contributed by atoms with Crippen molar-refractivity contribution in [3.05, 3.63) is 24.3 Å². The minimum Gasteiger partial charge on any atom is -0.394 e. The van der Waals surface area contributed by atoms with E-state index < -0.39 is 8.56 Å². The Morgan fingerprint density at radius 2 is 1.07 bits per heavy atom. The Labute approximate surface area is 169 Å². The summed E-state index contributed by atoms with van der Waals surface area (Å²) in [5.74, 6) is 0. The quantitative estimate of drug-likeness (QED) is 0.142. The first-order valence-electron chi connectivity index (χ1n) is 10.7. The number of ether oxygens (including phenoxy) is 2. The molecule has 0 amide bonds. The standard InChI is InChI=1S/C22H44O4Si/c1-7-9-15-25-27(26-16-10-8-2,17-11-13-23-19-21(3)4)18-12-14-24-20-22(5)6/h3,5,7-20H2,1-2,4,6H3. The number of unbranched alkanes of at least 4 members (excludes halogenated alkanes) is 2. The summed E-state index contributed by atoms with van der Waals surface area (Å²) in [7, 11) is -2.23. The van der Waals surface area contributed by atoms with Gasteiger partial charge in [0.05, 0.1) is 13.2 Å². The lowest BCUT2D eigenvalue weighted by Crippen LogP contribution is -2.43. The van der Waals surface area contributed by atoms with Crippen molar-refractivity contribution in [1.82, 2.24) is 0 Å². The molecule has 0 atom stereocenters. The van der Waals surface area contributed by atoms with Crippen molar-refractivity contribution in [2.24, 2.45) is 0 Å². The smallest absolute Gasteiger partial charge is 0.338 e. The fraction of sp³-hybridized carbons (Fsp3) is 0.818. The summed E-state index contributed by atoms with van der Waals surface area (Å²) in [6.07, 6.45) is 6.41. The van der Waals surface area contributed by atoms with Gasteiger partial charge >= 0.3 is 8.56 Å². The Hall–Kier alpha value is -0.463. The third kappa shape index (κ3) is 16.2. The van der Waals surface area contributed by atoms with E-state index in [4.69, 9.17) is 18.3 Å². The fourth-order valence-electron chi connectivity index (χ4n) is 2.64. The van der Waals surface area contributed by atoms with Gasteiger partial charge in [-0.25, -0.2) is 0 Å². The molecule has 0 aromatic heterocycles. The summed E-state index contributed by atoms with van der Waals surface area (Å²) in [6, 6.07) is 1.97. The Kier molecular flexibility index (Phi) is 17.3. The van der Waals surface area contributed by atoms with Crippen molar-refractivity contribution in [2.75, 3.05) is 39.6 Å². The predicted octanol–water partition coefficient (Wildman–Crippen LogP) is 6.03. The molecule has 0 saturated heterocycles. The molecule has 5 heteroatoms. The maximum absolute atomic E-state index is 6.44. The third-order valence-corrected chi connectivity index (χ3v) is 7.81. The van der Waals surface area contributed by atoms with Gasteiger partial charge in [0.2, 0.25) is 0 Å². The lowest BCUT2D eigenvalue weighted by molar-refractivity contribution is 0.132. The van der Waals surface area contributed by atoms with Crippen LogP contribution in [0.4, 0.5) is 0 Å². The zero-order chi connectivity index (χ0) is 20.4. The average molecular weight is 401 g/mol. The van der Waals surface area contributed by atoms with Crippen LogP contribution in [-0.4, -0.2) is 48.2 Å². The second kappa shape index (κ2) is 17.6. The summed E-state index contributed by atoms with van der Waals surface area (Å²) in [5, 5.41) is 0. The highest BCUT2D eigenvalue weighted by Gasteiger charge is 2.36. The Morgan fingerprint density at radius 1 is 0.667 bits per heavy atom. The lowest BCUT2D eigenvalue weighted by Gasteiger charge is -2.31. The van der Waals surface area contributed by atoms with Crippen molar-refractivity contribution in [2.45, 2.75) is 78.3 Å². The molecule has 0 aromatic rings. The van der Waals surface area contributed by atoms with Crippen LogP contribution in [0.25, 0.3) is 0 Å². The maximum atomic E-state index is 6.44. The molecule has 0 bridgehead atoms. The van der Waals surface area contributed by atoms with E-state index in [9.17, 15) is 0 Å². The monoisotopic (exact) mass is 400 g/mol. The number of hydrogen-bond acceptors (Lipinski definition) is 4. The summed E-state index contributed by atoms with van der Waals surface area (Å²) in [5.41, 5.74) is 2.12. The highest BCUT2D eigenvalue weighted by atomic mass is 28.4. The van der Waals surface area contributed by atoms with Gasteiger partial charge in [0, 0.05) is 26.4 Å². The zero-order valence-electron chi connectivity index (χ0n) is 18.4. The highest BCUT2D eigenvalue weighted by molar-refractivity contribution is 6.67. The van der Waals surface area contributed by atoms with Crippen molar-refractivity contribution >= 4 is 8.56 Å². The van der Waals surface area contributed by atoms with Crippen LogP contribution in [0.2, 0.25) is 12.1 Å². The molecule has 0 saturated carbocycles. The van der Waals surface area contributed by atoms with E-state index in [0.29, 0.717) is 13.2 Å². The maximum Gasteiger partial charge on any atom is 0.338 e. The average Bonchev–Trinajstić information content (AvgIpc) is 2.61. The van der Waals surface area contributed by atoms with Crippen LogP contribution in [0.1, 0.15) is 66.2 Å². The molecule has 0 fully saturated rings. The van der Waals surface area contributed by atoms with E-state index in [0.717, 1.165) is 88.2 Å². The summed E-state index contributed by atoms with van der Waals surface area (Å²) in [4.78, 5) is 0. The molecule has 0 aliphatic rings. The van der Waals surface area contributed by atoms with Crippen LogP contribution in [0.5, 0.6) is 0 Å². The van der Waals surface area contributed by atoms with Gasteiger partial charge in [-0.15, -0.1) is 0 Å². The first-order chi connectivity index (χ1) is 13.0. The summed E-state index contributed by atoms with van der Waals surface area (Å²) >= 11 is 0. The molecular weight excluding hydrogens is 356 g/mol. The second-order valence-electron chi connectivity index (χ2n) is 7.54.